The van der Waals surface area contributed by atoms with Crippen LogP contribution in [0.2, 0.25) is 0 Å². The highest BCUT2D eigenvalue weighted by Crippen LogP contribution is 2.14. The first-order valence-electron chi connectivity index (χ1n) is 12.2. The van der Waals surface area contributed by atoms with Crippen molar-refractivity contribution in [2.45, 2.75) is 116 Å². The molecule has 0 atom stereocenters. The summed E-state index contributed by atoms with van der Waals surface area (Å²) in [5, 5.41) is 0. The Labute approximate surface area is 194 Å². The summed E-state index contributed by atoms with van der Waals surface area (Å²) in [7, 11) is 0.0373. The second kappa shape index (κ2) is 21.0. The highest BCUT2D eigenvalue weighted by atomic mass is 35.5. The van der Waals surface area contributed by atoms with E-state index >= 15 is 0 Å². The lowest BCUT2D eigenvalue weighted by molar-refractivity contribution is -0.890. The first-order valence-corrected chi connectivity index (χ1v) is 13.6. The number of halogens is 1. The van der Waals surface area contributed by atoms with E-state index in [1.54, 1.807) is 0 Å². The van der Waals surface area contributed by atoms with Gasteiger partial charge in [-0.05, 0) is 12.8 Å². The molecule has 0 radical (unpaired) electrons. The first-order chi connectivity index (χ1) is 13.8. The summed E-state index contributed by atoms with van der Waals surface area (Å²) in [4.78, 5) is 0. The maximum Gasteiger partial charge on any atom is 0.397 e. The summed E-state index contributed by atoms with van der Waals surface area (Å²) in [5.74, 6) is 0. The number of rotatable bonds is 22. The van der Waals surface area contributed by atoms with Gasteiger partial charge in [-0.2, -0.15) is 8.42 Å². The van der Waals surface area contributed by atoms with E-state index in [2.05, 4.69) is 25.2 Å². The molecule has 7 heteroatoms. The average molecular weight is 472 g/mol. The maximum atomic E-state index is 10.5. The van der Waals surface area contributed by atoms with Crippen molar-refractivity contribution >= 4 is 10.4 Å². The lowest BCUT2D eigenvalue weighted by atomic mass is 10.0. The van der Waals surface area contributed by atoms with Crippen molar-refractivity contribution in [1.82, 2.24) is 0 Å². The fourth-order valence-corrected chi connectivity index (χ4v) is 4.19. The summed E-state index contributed by atoms with van der Waals surface area (Å²) in [6.07, 6.45) is 22.7. The van der Waals surface area contributed by atoms with Crippen LogP contribution >= 0.6 is 0 Å². The number of hydrogen-bond donors (Lipinski definition) is 1. The van der Waals surface area contributed by atoms with E-state index in [0.717, 1.165) is 17.6 Å². The summed E-state index contributed by atoms with van der Waals surface area (Å²) in [5.41, 5.74) is 0. The lowest BCUT2D eigenvalue weighted by Gasteiger charge is -2.29. The quantitative estimate of drug-likeness (QED) is 0.149. The van der Waals surface area contributed by atoms with Crippen molar-refractivity contribution in [2.24, 2.45) is 0 Å². The van der Waals surface area contributed by atoms with Crippen molar-refractivity contribution in [2.75, 3.05) is 33.8 Å². The monoisotopic (exact) mass is 471 g/mol. The van der Waals surface area contributed by atoms with E-state index < -0.39 is 10.4 Å². The molecule has 0 aromatic rings. The molecule has 0 fully saturated rings. The maximum absolute atomic E-state index is 10.5. The van der Waals surface area contributed by atoms with E-state index in [0.29, 0.717) is 6.42 Å². The van der Waals surface area contributed by atoms with Crippen LogP contribution in [0.3, 0.4) is 0 Å². The van der Waals surface area contributed by atoms with Crippen LogP contribution in [0.25, 0.3) is 0 Å². The minimum atomic E-state index is -4.29. The standard InChI is InChI=1S/C23H49NO4S.ClH/c1-4-5-6-7-8-9-10-11-12-13-14-15-16-17-18-19-21-24(2,3)22-20-23-28-29(25,26)27;/h4-23H2,1-3H3;1H. The number of unbranched alkanes of at least 4 members (excludes halogenated alkanes) is 15. The van der Waals surface area contributed by atoms with E-state index in [9.17, 15) is 8.42 Å². The molecule has 30 heavy (non-hydrogen) atoms. The van der Waals surface area contributed by atoms with Crippen LogP contribution in [0.5, 0.6) is 0 Å². The highest BCUT2D eigenvalue weighted by molar-refractivity contribution is 7.80. The van der Waals surface area contributed by atoms with Gasteiger partial charge in [0.1, 0.15) is 0 Å². The van der Waals surface area contributed by atoms with Crippen molar-refractivity contribution < 1.29 is 34.0 Å². The van der Waals surface area contributed by atoms with E-state index in [4.69, 9.17) is 4.55 Å². The van der Waals surface area contributed by atoms with Crippen LogP contribution in [-0.2, 0) is 14.6 Å². The van der Waals surface area contributed by atoms with Gasteiger partial charge in [0.25, 0.3) is 0 Å². The van der Waals surface area contributed by atoms with Gasteiger partial charge in [0, 0.05) is 6.42 Å². The zero-order chi connectivity index (χ0) is 21.8. The van der Waals surface area contributed by atoms with Gasteiger partial charge in [0.2, 0.25) is 0 Å². The summed E-state index contributed by atoms with van der Waals surface area (Å²) in [6, 6.07) is 0. The smallest absolute Gasteiger partial charge is 0.397 e. The molecule has 0 spiro atoms. The molecule has 0 unspecified atom stereocenters. The number of hydrogen-bond acceptors (Lipinski definition) is 3. The predicted octanol–water partition coefficient (Wildman–Crippen LogP) is 3.54. The second-order valence-electron chi connectivity index (χ2n) is 9.29. The Morgan fingerprint density at radius 1 is 0.633 bits per heavy atom. The molecule has 0 heterocycles. The Morgan fingerprint density at radius 2 is 0.967 bits per heavy atom. The van der Waals surface area contributed by atoms with Crippen LogP contribution < -0.4 is 12.4 Å². The third kappa shape index (κ3) is 26.2. The molecule has 0 aliphatic heterocycles. The molecule has 0 saturated carbocycles. The Balaban J connectivity index is 0. The van der Waals surface area contributed by atoms with Crippen LogP contribution in [0.1, 0.15) is 116 Å². The van der Waals surface area contributed by atoms with E-state index in [1.807, 2.05) is 0 Å². The SMILES string of the molecule is CCCCCCCCCCCCCCCCCC[N+](C)(C)CCCOS(=O)(=O)O.[Cl-]. The number of quaternary nitrogens is 1. The van der Waals surface area contributed by atoms with Crippen LogP contribution in [0.15, 0.2) is 0 Å². The summed E-state index contributed by atoms with van der Waals surface area (Å²) >= 11 is 0. The molecule has 0 amide bonds. The van der Waals surface area contributed by atoms with Gasteiger partial charge < -0.3 is 16.9 Å². The van der Waals surface area contributed by atoms with Crippen LogP contribution in [0, 0.1) is 0 Å². The van der Waals surface area contributed by atoms with Gasteiger partial charge in [0.05, 0.1) is 33.8 Å². The lowest BCUT2D eigenvalue weighted by Crippen LogP contribution is -3.00. The summed E-state index contributed by atoms with van der Waals surface area (Å²) < 4.78 is 34.8. The predicted molar refractivity (Wildman–Crippen MR) is 124 cm³/mol. The molecule has 0 aromatic carbocycles. The molecule has 0 aliphatic rings. The first kappa shape index (κ1) is 32.3. The molecule has 184 valence electrons. The van der Waals surface area contributed by atoms with E-state index in [1.165, 1.54) is 103 Å². The third-order valence-electron chi connectivity index (χ3n) is 5.76. The van der Waals surface area contributed by atoms with Crippen molar-refractivity contribution in [3.63, 3.8) is 0 Å². The zero-order valence-electron chi connectivity index (χ0n) is 20.0. The summed E-state index contributed by atoms with van der Waals surface area (Å²) in [6.45, 7) is 4.29. The van der Waals surface area contributed by atoms with Crippen molar-refractivity contribution in [3.05, 3.63) is 0 Å². The topological polar surface area (TPSA) is 63.6 Å². The second-order valence-corrected chi connectivity index (χ2v) is 10.4. The van der Waals surface area contributed by atoms with Gasteiger partial charge in [-0.15, -0.1) is 0 Å². The molecule has 1 N–H and O–H groups in total. The molecule has 5 nitrogen and oxygen atoms in total. The van der Waals surface area contributed by atoms with Crippen molar-refractivity contribution in [3.8, 4) is 0 Å². The molecular weight excluding hydrogens is 422 g/mol. The Bertz CT molecular complexity index is 458. The van der Waals surface area contributed by atoms with Crippen molar-refractivity contribution in [1.29, 1.82) is 0 Å². The molecule has 0 aromatic heterocycles. The van der Waals surface area contributed by atoms with Crippen LogP contribution in [-0.4, -0.2) is 51.2 Å². The highest BCUT2D eigenvalue weighted by Gasteiger charge is 2.14. The average Bonchev–Trinajstić information content (AvgIpc) is 2.64. The normalized spacial score (nSPS) is 12.1. The van der Waals surface area contributed by atoms with E-state index in [-0.39, 0.29) is 19.0 Å². The van der Waals surface area contributed by atoms with Gasteiger partial charge in [-0.1, -0.05) is 96.8 Å². The fourth-order valence-electron chi connectivity index (χ4n) is 3.86. The fraction of sp³-hybridized carbons (Fsp3) is 1.00. The zero-order valence-corrected chi connectivity index (χ0v) is 21.6. The Morgan fingerprint density at radius 3 is 1.33 bits per heavy atom. The van der Waals surface area contributed by atoms with Crippen LogP contribution in [0.4, 0.5) is 0 Å². The number of nitrogens with zero attached hydrogens (tertiary/aromatic N) is 1. The van der Waals surface area contributed by atoms with Gasteiger partial charge in [-0.25, -0.2) is 4.18 Å². The molecule has 0 rings (SSSR count). The largest absolute Gasteiger partial charge is 1.00 e. The Kier molecular flexibility index (Phi) is 22.6. The Hall–Kier alpha value is 0.120. The third-order valence-corrected chi connectivity index (χ3v) is 6.22. The molecule has 0 bridgehead atoms. The molecule has 0 saturated heterocycles. The van der Waals surface area contributed by atoms with Gasteiger partial charge in [0.15, 0.2) is 0 Å². The molecule has 0 aliphatic carbocycles. The minimum Gasteiger partial charge on any atom is -1.00 e. The van der Waals surface area contributed by atoms with Gasteiger partial charge >= 0.3 is 10.4 Å². The van der Waals surface area contributed by atoms with Gasteiger partial charge in [-0.3, -0.25) is 4.55 Å². The molecular formula is C23H50ClNO4S. The minimum absolute atomic E-state index is 0.